The van der Waals surface area contributed by atoms with Crippen LogP contribution in [0.1, 0.15) is 12.5 Å². The van der Waals surface area contributed by atoms with E-state index in [1.807, 2.05) is 0 Å². The third kappa shape index (κ3) is 5.15. The van der Waals surface area contributed by atoms with Gasteiger partial charge in [-0.25, -0.2) is 0 Å². The largest absolute Gasteiger partial charge is 0.495 e. The summed E-state index contributed by atoms with van der Waals surface area (Å²) in [7, 11) is 1.51. The van der Waals surface area contributed by atoms with Gasteiger partial charge in [-0.2, -0.15) is 0 Å². The van der Waals surface area contributed by atoms with Gasteiger partial charge in [-0.15, -0.1) is 0 Å². The van der Waals surface area contributed by atoms with Crippen LogP contribution >= 0.6 is 23.2 Å². The summed E-state index contributed by atoms with van der Waals surface area (Å²) in [6.07, 6.45) is 0.706. The van der Waals surface area contributed by atoms with Crippen molar-refractivity contribution in [3.63, 3.8) is 0 Å². The Morgan fingerprint density at radius 2 is 1.83 bits per heavy atom. The van der Waals surface area contributed by atoms with Gasteiger partial charge in [0.1, 0.15) is 5.75 Å². The Morgan fingerprint density at radius 1 is 1.17 bits per heavy atom. The zero-order chi connectivity index (χ0) is 17.5. The molecule has 2 aromatic carbocycles. The van der Waals surface area contributed by atoms with Gasteiger partial charge >= 0.3 is 0 Å². The zero-order valence-corrected chi connectivity index (χ0v) is 14.6. The summed E-state index contributed by atoms with van der Waals surface area (Å²) in [5.74, 6) is 0.133. The highest BCUT2D eigenvalue weighted by Crippen LogP contribution is 2.27. The van der Waals surface area contributed by atoms with Crippen molar-refractivity contribution < 1.29 is 14.4 Å². The van der Waals surface area contributed by atoms with E-state index in [0.29, 0.717) is 21.5 Å². The third-order valence-corrected chi connectivity index (χ3v) is 3.57. The van der Waals surface area contributed by atoms with Gasteiger partial charge in [0.15, 0.2) is 0 Å². The minimum atomic E-state index is -0.794. The number of nitrogens with one attached hydrogen (secondary N) is 1. The molecule has 2 aromatic rings. The number of hydrogen-bond donors (Lipinski definition) is 1. The molecule has 0 aliphatic carbocycles. The van der Waals surface area contributed by atoms with E-state index in [1.165, 1.54) is 13.3 Å². The second-order valence-electron chi connectivity index (χ2n) is 4.87. The maximum atomic E-state index is 12.2. The van der Waals surface area contributed by atoms with Gasteiger partial charge in [0.25, 0.3) is 5.91 Å². The van der Waals surface area contributed by atoms with E-state index in [4.69, 9.17) is 32.8 Å². The average molecular weight is 367 g/mol. The first kappa shape index (κ1) is 18.1. The topological polar surface area (TPSA) is 59.9 Å². The van der Waals surface area contributed by atoms with Crippen molar-refractivity contribution >= 4 is 41.0 Å². The highest BCUT2D eigenvalue weighted by atomic mass is 35.5. The van der Waals surface area contributed by atoms with Crippen LogP contribution in [0.5, 0.6) is 5.75 Å². The molecule has 126 valence electrons. The van der Waals surface area contributed by atoms with Gasteiger partial charge in [-0.05, 0) is 42.8 Å². The lowest BCUT2D eigenvalue weighted by Gasteiger charge is -2.13. The number of halogens is 2. The molecule has 0 unspecified atom stereocenters. The fourth-order valence-corrected chi connectivity index (χ4v) is 2.09. The molecule has 7 heteroatoms. The Hall–Kier alpha value is -2.24. The van der Waals surface area contributed by atoms with Crippen LogP contribution in [-0.4, -0.2) is 25.3 Å². The fourth-order valence-electron chi connectivity index (χ4n) is 1.79. The second kappa shape index (κ2) is 8.57. The molecule has 2 rings (SSSR count). The molecule has 0 bridgehead atoms. The first-order valence-corrected chi connectivity index (χ1v) is 7.84. The van der Waals surface area contributed by atoms with Crippen LogP contribution in [0.3, 0.4) is 0 Å². The minimum absolute atomic E-state index is 0.371. The monoisotopic (exact) mass is 366 g/mol. The van der Waals surface area contributed by atoms with Gasteiger partial charge in [0.05, 0.1) is 19.0 Å². The number of rotatable bonds is 6. The van der Waals surface area contributed by atoms with Crippen LogP contribution in [0.2, 0.25) is 10.0 Å². The van der Waals surface area contributed by atoms with Crippen LogP contribution in [0.15, 0.2) is 47.6 Å². The summed E-state index contributed by atoms with van der Waals surface area (Å²) in [6, 6.07) is 12.0. The Kier molecular flexibility index (Phi) is 6.46. The van der Waals surface area contributed by atoms with Gasteiger partial charge < -0.3 is 14.9 Å². The molecule has 24 heavy (non-hydrogen) atoms. The maximum absolute atomic E-state index is 12.2. The van der Waals surface area contributed by atoms with Gasteiger partial charge in [0, 0.05) is 10.0 Å². The summed E-state index contributed by atoms with van der Waals surface area (Å²) in [4.78, 5) is 17.3. The van der Waals surface area contributed by atoms with Crippen LogP contribution in [-0.2, 0) is 9.63 Å². The van der Waals surface area contributed by atoms with E-state index in [9.17, 15) is 4.79 Å². The zero-order valence-electron chi connectivity index (χ0n) is 13.1. The lowest BCUT2D eigenvalue weighted by Crippen LogP contribution is -2.26. The van der Waals surface area contributed by atoms with Crippen LogP contribution in [0.25, 0.3) is 0 Å². The summed E-state index contributed by atoms with van der Waals surface area (Å²) < 4.78 is 5.17. The number of carbonyl (C=O) groups excluding carboxylic acids is 1. The first-order valence-electron chi connectivity index (χ1n) is 7.09. The molecule has 0 saturated heterocycles. The van der Waals surface area contributed by atoms with E-state index in [0.717, 1.165) is 5.56 Å². The Bertz CT molecular complexity index is 733. The normalized spacial score (nSPS) is 12.0. The Labute approximate surface area is 150 Å². The second-order valence-corrected chi connectivity index (χ2v) is 5.74. The minimum Gasteiger partial charge on any atom is -0.495 e. The molecular weight excluding hydrogens is 351 g/mol. The van der Waals surface area contributed by atoms with Crippen molar-refractivity contribution in [1.29, 1.82) is 0 Å². The van der Waals surface area contributed by atoms with Crippen molar-refractivity contribution in [2.24, 2.45) is 5.16 Å². The molecule has 0 radical (unpaired) electrons. The molecule has 0 heterocycles. The lowest BCUT2D eigenvalue weighted by atomic mass is 10.2. The molecule has 1 amide bonds. The van der Waals surface area contributed by atoms with E-state index < -0.39 is 6.10 Å². The van der Waals surface area contributed by atoms with E-state index in [1.54, 1.807) is 49.4 Å². The molecule has 0 aliphatic rings. The third-order valence-electron chi connectivity index (χ3n) is 3.08. The number of amides is 1. The molecule has 0 fully saturated rings. The number of ether oxygens (including phenoxy) is 1. The van der Waals surface area contributed by atoms with E-state index in [-0.39, 0.29) is 5.91 Å². The predicted molar refractivity (Wildman–Crippen MR) is 96.2 cm³/mol. The van der Waals surface area contributed by atoms with Crippen molar-refractivity contribution in [2.75, 3.05) is 12.4 Å². The highest BCUT2D eigenvalue weighted by Gasteiger charge is 2.16. The summed E-state index contributed by atoms with van der Waals surface area (Å²) in [5.41, 5.74) is 1.27. The van der Waals surface area contributed by atoms with Crippen LogP contribution in [0.4, 0.5) is 5.69 Å². The van der Waals surface area contributed by atoms with Crippen molar-refractivity contribution in [3.05, 3.63) is 58.1 Å². The molecule has 0 aliphatic heterocycles. The number of nitrogens with zero attached hydrogens (tertiary/aromatic N) is 1. The lowest BCUT2D eigenvalue weighted by molar-refractivity contribution is -0.126. The average Bonchev–Trinajstić information content (AvgIpc) is 2.56. The SMILES string of the molecule is COc1ccc(Cl)cc1NC(=O)[C@H](C)O/N=C\c1ccc(Cl)cc1. The van der Waals surface area contributed by atoms with Gasteiger partial charge in [0.2, 0.25) is 6.10 Å². The number of anilines is 1. The van der Waals surface area contributed by atoms with Crippen molar-refractivity contribution in [1.82, 2.24) is 0 Å². The molecule has 0 aromatic heterocycles. The van der Waals surface area contributed by atoms with E-state index >= 15 is 0 Å². The molecular formula is C17H16Cl2N2O3. The molecule has 0 saturated carbocycles. The predicted octanol–water partition coefficient (Wildman–Crippen LogP) is 4.38. The first-order chi connectivity index (χ1) is 11.5. The number of benzene rings is 2. The smallest absolute Gasteiger partial charge is 0.268 e. The number of oxime groups is 1. The van der Waals surface area contributed by atoms with Gasteiger partial charge in [-0.3, -0.25) is 4.79 Å². The molecule has 1 N–H and O–H groups in total. The Morgan fingerprint density at radius 3 is 2.50 bits per heavy atom. The molecule has 1 atom stereocenters. The Balaban J connectivity index is 1.95. The molecule has 0 spiro atoms. The summed E-state index contributed by atoms with van der Waals surface area (Å²) in [5, 5.41) is 7.62. The van der Waals surface area contributed by atoms with E-state index in [2.05, 4.69) is 10.5 Å². The maximum Gasteiger partial charge on any atom is 0.268 e. The van der Waals surface area contributed by atoms with Crippen molar-refractivity contribution in [3.8, 4) is 5.75 Å². The number of carbonyl (C=O) groups is 1. The summed E-state index contributed by atoms with van der Waals surface area (Å²) >= 11 is 11.7. The number of hydrogen-bond acceptors (Lipinski definition) is 4. The summed E-state index contributed by atoms with van der Waals surface area (Å²) in [6.45, 7) is 1.59. The fraction of sp³-hybridized carbons (Fsp3) is 0.176. The highest BCUT2D eigenvalue weighted by molar-refractivity contribution is 6.31. The van der Waals surface area contributed by atoms with Crippen LogP contribution in [0, 0.1) is 0 Å². The number of methoxy groups -OCH3 is 1. The van der Waals surface area contributed by atoms with Crippen molar-refractivity contribution in [2.45, 2.75) is 13.0 Å². The standard InChI is InChI=1S/C17H16Cl2N2O3/c1-11(24-20-10-12-3-5-13(18)6-4-12)17(22)21-15-9-14(19)7-8-16(15)23-2/h3-11H,1-2H3,(H,21,22)/b20-10-/t11-/m0/s1. The quantitative estimate of drug-likeness (QED) is 0.609. The van der Waals surface area contributed by atoms with Gasteiger partial charge in [-0.1, -0.05) is 40.5 Å². The van der Waals surface area contributed by atoms with Crippen LogP contribution < -0.4 is 10.1 Å². The molecule has 5 nitrogen and oxygen atoms in total.